The van der Waals surface area contributed by atoms with Crippen LogP contribution in [0.3, 0.4) is 0 Å². The predicted molar refractivity (Wildman–Crippen MR) is 82.2 cm³/mol. The average molecular weight is 262 g/mol. The van der Waals surface area contributed by atoms with Crippen molar-refractivity contribution >= 4 is 5.70 Å². The van der Waals surface area contributed by atoms with Gasteiger partial charge >= 0.3 is 0 Å². The maximum atomic E-state index is 9.70. The summed E-state index contributed by atoms with van der Waals surface area (Å²) in [4.78, 5) is 2.22. The van der Waals surface area contributed by atoms with Gasteiger partial charge in [0.25, 0.3) is 0 Å². The maximum Gasteiger partial charge on any atom is 0.124 e. The molecule has 0 bridgehead atoms. The minimum Gasteiger partial charge on any atom is -0.507 e. The van der Waals surface area contributed by atoms with Gasteiger partial charge in [0.15, 0.2) is 0 Å². The molecule has 0 fully saturated rings. The molecule has 0 aliphatic heterocycles. The highest BCUT2D eigenvalue weighted by Gasteiger charge is 2.02. The molecule has 1 aromatic rings. The number of unbranched alkanes of at least 4 members (excludes halogenated alkanes) is 3. The SMILES string of the molecule is C=C(NCCCCCCN(C)C)c1ccccc1O. The Bertz CT molecular complexity index is 388. The molecule has 106 valence electrons. The Balaban J connectivity index is 2.13. The molecule has 0 aliphatic carbocycles. The molecule has 0 spiro atoms. The molecule has 0 radical (unpaired) electrons. The van der Waals surface area contributed by atoms with Crippen molar-refractivity contribution in [3.8, 4) is 5.75 Å². The standard InChI is InChI=1S/C16H26N2O/c1-14(15-10-6-7-11-16(15)19)17-12-8-4-5-9-13-18(2)3/h6-7,10-11,17,19H,1,4-5,8-9,12-13H2,2-3H3. The Labute approximate surface area is 116 Å². The van der Waals surface area contributed by atoms with Crippen molar-refractivity contribution < 1.29 is 5.11 Å². The third-order valence-corrected chi connectivity index (χ3v) is 3.10. The highest BCUT2D eigenvalue weighted by molar-refractivity contribution is 5.66. The van der Waals surface area contributed by atoms with Gasteiger partial charge in [0.05, 0.1) is 0 Å². The Morgan fingerprint density at radius 1 is 1.16 bits per heavy atom. The second-order valence-corrected chi connectivity index (χ2v) is 5.14. The second kappa shape index (κ2) is 8.59. The monoisotopic (exact) mass is 262 g/mol. The number of phenolic OH excluding ortho intramolecular Hbond substituents is 1. The van der Waals surface area contributed by atoms with Crippen LogP contribution in [0.15, 0.2) is 30.8 Å². The lowest BCUT2D eigenvalue weighted by atomic mass is 10.1. The molecule has 3 nitrogen and oxygen atoms in total. The van der Waals surface area contributed by atoms with Gasteiger partial charge in [-0.3, -0.25) is 0 Å². The third-order valence-electron chi connectivity index (χ3n) is 3.10. The summed E-state index contributed by atoms with van der Waals surface area (Å²) in [5.41, 5.74) is 1.58. The molecule has 3 heteroatoms. The summed E-state index contributed by atoms with van der Waals surface area (Å²) in [6.45, 7) is 6.04. The lowest BCUT2D eigenvalue weighted by molar-refractivity contribution is 0.390. The van der Waals surface area contributed by atoms with Gasteiger partial charge in [0.2, 0.25) is 0 Å². The van der Waals surface area contributed by atoms with Gasteiger partial charge in [-0.15, -0.1) is 0 Å². The summed E-state index contributed by atoms with van der Waals surface area (Å²) in [5, 5.41) is 13.0. The first-order chi connectivity index (χ1) is 9.11. The van der Waals surface area contributed by atoms with Gasteiger partial charge in [-0.25, -0.2) is 0 Å². The van der Waals surface area contributed by atoms with E-state index in [1.165, 1.54) is 19.3 Å². The van der Waals surface area contributed by atoms with Crippen LogP contribution in [-0.2, 0) is 0 Å². The number of aromatic hydroxyl groups is 1. The first-order valence-electron chi connectivity index (χ1n) is 6.97. The van der Waals surface area contributed by atoms with Crippen LogP contribution >= 0.6 is 0 Å². The van der Waals surface area contributed by atoms with E-state index in [1.54, 1.807) is 6.07 Å². The Morgan fingerprint density at radius 3 is 2.53 bits per heavy atom. The third kappa shape index (κ3) is 6.30. The number of para-hydroxylation sites is 1. The van der Waals surface area contributed by atoms with Gasteiger partial charge in [0, 0.05) is 17.8 Å². The molecule has 0 aliphatic rings. The van der Waals surface area contributed by atoms with Crippen molar-refractivity contribution in [3.63, 3.8) is 0 Å². The zero-order chi connectivity index (χ0) is 14.1. The molecular formula is C16H26N2O. The number of phenols is 1. The minimum absolute atomic E-state index is 0.283. The fourth-order valence-corrected chi connectivity index (χ4v) is 1.97. The summed E-state index contributed by atoms with van der Waals surface area (Å²) in [7, 11) is 4.22. The second-order valence-electron chi connectivity index (χ2n) is 5.14. The largest absolute Gasteiger partial charge is 0.507 e. The van der Waals surface area contributed by atoms with Crippen LogP contribution in [0.1, 0.15) is 31.2 Å². The van der Waals surface area contributed by atoms with Crippen molar-refractivity contribution in [2.75, 3.05) is 27.2 Å². The first kappa shape index (κ1) is 15.6. The van der Waals surface area contributed by atoms with Crippen LogP contribution in [0.2, 0.25) is 0 Å². The molecule has 2 N–H and O–H groups in total. The fourth-order valence-electron chi connectivity index (χ4n) is 1.97. The van der Waals surface area contributed by atoms with Crippen LogP contribution in [0, 0.1) is 0 Å². The molecule has 0 heterocycles. The van der Waals surface area contributed by atoms with Gasteiger partial charge in [0.1, 0.15) is 5.75 Å². The van der Waals surface area contributed by atoms with Gasteiger partial charge in [-0.05, 0) is 45.6 Å². The summed E-state index contributed by atoms with van der Waals surface area (Å²) in [6.07, 6.45) is 4.89. The molecule has 0 aromatic heterocycles. The van der Waals surface area contributed by atoms with Crippen molar-refractivity contribution in [1.29, 1.82) is 0 Å². The molecule has 1 aromatic carbocycles. The van der Waals surface area contributed by atoms with Gasteiger partial charge in [-0.1, -0.05) is 31.6 Å². The van der Waals surface area contributed by atoms with E-state index in [0.717, 1.165) is 30.8 Å². The number of hydrogen-bond acceptors (Lipinski definition) is 3. The van der Waals surface area contributed by atoms with Crippen LogP contribution in [0.4, 0.5) is 0 Å². The summed E-state index contributed by atoms with van der Waals surface area (Å²) in [5.74, 6) is 0.283. The zero-order valence-electron chi connectivity index (χ0n) is 12.2. The predicted octanol–water partition coefficient (Wildman–Crippen LogP) is 3.07. The van der Waals surface area contributed by atoms with E-state index in [9.17, 15) is 5.11 Å². The van der Waals surface area contributed by atoms with E-state index in [2.05, 4.69) is 30.9 Å². The Morgan fingerprint density at radius 2 is 1.84 bits per heavy atom. The number of nitrogens with one attached hydrogen (secondary N) is 1. The number of nitrogens with zero attached hydrogens (tertiary/aromatic N) is 1. The van der Waals surface area contributed by atoms with E-state index in [1.807, 2.05) is 18.2 Å². The van der Waals surface area contributed by atoms with E-state index >= 15 is 0 Å². The highest BCUT2D eigenvalue weighted by atomic mass is 16.3. The van der Waals surface area contributed by atoms with E-state index in [-0.39, 0.29) is 5.75 Å². The fraction of sp³-hybridized carbons (Fsp3) is 0.500. The quantitative estimate of drug-likeness (QED) is 0.671. The molecule has 0 amide bonds. The summed E-state index contributed by atoms with van der Waals surface area (Å²) >= 11 is 0. The number of benzene rings is 1. The topological polar surface area (TPSA) is 35.5 Å². The van der Waals surface area contributed by atoms with Crippen LogP contribution in [-0.4, -0.2) is 37.2 Å². The molecule has 19 heavy (non-hydrogen) atoms. The summed E-state index contributed by atoms with van der Waals surface area (Å²) in [6, 6.07) is 7.28. The lowest BCUT2D eigenvalue weighted by Gasteiger charge is -2.11. The van der Waals surface area contributed by atoms with Crippen molar-refractivity contribution in [1.82, 2.24) is 10.2 Å². The smallest absolute Gasteiger partial charge is 0.124 e. The average Bonchev–Trinajstić information content (AvgIpc) is 2.37. The van der Waals surface area contributed by atoms with Crippen molar-refractivity contribution in [2.45, 2.75) is 25.7 Å². The maximum absolute atomic E-state index is 9.70. The first-order valence-corrected chi connectivity index (χ1v) is 6.97. The Kier molecular flexibility index (Phi) is 7.04. The highest BCUT2D eigenvalue weighted by Crippen LogP contribution is 2.21. The van der Waals surface area contributed by atoms with E-state index < -0.39 is 0 Å². The van der Waals surface area contributed by atoms with E-state index in [4.69, 9.17) is 0 Å². The molecule has 0 saturated carbocycles. The van der Waals surface area contributed by atoms with Gasteiger partial charge in [-0.2, -0.15) is 0 Å². The van der Waals surface area contributed by atoms with Crippen LogP contribution in [0.5, 0.6) is 5.75 Å². The molecule has 1 rings (SSSR count). The van der Waals surface area contributed by atoms with Crippen LogP contribution in [0.25, 0.3) is 5.70 Å². The van der Waals surface area contributed by atoms with E-state index in [0.29, 0.717) is 0 Å². The normalized spacial score (nSPS) is 10.7. The molecular weight excluding hydrogens is 236 g/mol. The number of hydrogen-bond donors (Lipinski definition) is 2. The Hall–Kier alpha value is -1.48. The molecule has 0 unspecified atom stereocenters. The van der Waals surface area contributed by atoms with Gasteiger partial charge < -0.3 is 15.3 Å². The minimum atomic E-state index is 0.283. The van der Waals surface area contributed by atoms with Crippen molar-refractivity contribution in [3.05, 3.63) is 36.4 Å². The zero-order valence-corrected chi connectivity index (χ0v) is 12.2. The van der Waals surface area contributed by atoms with Crippen LogP contribution < -0.4 is 5.32 Å². The summed E-state index contributed by atoms with van der Waals surface area (Å²) < 4.78 is 0. The molecule has 0 atom stereocenters. The lowest BCUT2D eigenvalue weighted by Crippen LogP contribution is -2.14. The van der Waals surface area contributed by atoms with Crippen molar-refractivity contribution in [2.24, 2.45) is 0 Å². The molecule has 0 saturated heterocycles. The number of rotatable bonds is 9.